The molecule has 126 valence electrons. The predicted molar refractivity (Wildman–Crippen MR) is 78.8 cm³/mol. The van der Waals surface area contributed by atoms with Crippen LogP contribution in [0.1, 0.15) is 32.8 Å². The monoisotopic (exact) mass is 327 g/mol. The summed E-state index contributed by atoms with van der Waals surface area (Å²) in [5.41, 5.74) is -3.29. The summed E-state index contributed by atoms with van der Waals surface area (Å²) in [7, 11) is 0. The van der Waals surface area contributed by atoms with Crippen molar-refractivity contribution in [3.63, 3.8) is 0 Å². The second-order valence-corrected chi connectivity index (χ2v) is 5.13. The van der Waals surface area contributed by atoms with Gasteiger partial charge in [-0.1, -0.05) is 30.3 Å². The molecule has 1 atom stereocenters. The molecular formula is C16H19F2NO4. The molecule has 7 heteroatoms. The van der Waals surface area contributed by atoms with Gasteiger partial charge in [-0.15, -0.1) is 0 Å². The van der Waals surface area contributed by atoms with Gasteiger partial charge in [0, 0.05) is 18.9 Å². The number of hydrogen-bond donors (Lipinski definition) is 1. The minimum absolute atomic E-state index is 0.164. The van der Waals surface area contributed by atoms with E-state index in [1.807, 2.05) is 5.32 Å². The van der Waals surface area contributed by atoms with E-state index in [0.717, 1.165) is 26.0 Å². The molecule has 1 unspecified atom stereocenters. The molecule has 1 N–H and O–H groups in total. The first-order valence-electron chi connectivity index (χ1n) is 7.06. The highest BCUT2D eigenvalue weighted by molar-refractivity contribution is 5.94. The predicted octanol–water partition coefficient (Wildman–Crippen LogP) is 2.20. The highest BCUT2D eigenvalue weighted by Crippen LogP contribution is 2.42. The number of hydrogen-bond acceptors (Lipinski definition) is 4. The van der Waals surface area contributed by atoms with Crippen molar-refractivity contribution in [1.29, 1.82) is 0 Å². The van der Waals surface area contributed by atoms with Crippen molar-refractivity contribution in [2.24, 2.45) is 0 Å². The van der Waals surface area contributed by atoms with Gasteiger partial charge in [0.25, 0.3) is 0 Å². The molecule has 0 radical (unpaired) electrons. The molecule has 0 aliphatic rings. The number of alkyl halides is 2. The van der Waals surface area contributed by atoms with Gasteiger partial charge in [0.2, 0.25) is 11.4 Å². The van der Waals surface area contributed by atoms with Gasteiger partial charge in [-0.25, -0.2) is 4.79 Å². The minimum atomic E-state index is -3.84. The number of halogens is 2. The number of rotatable bonds is 7. The maximum absolute atomic E-state index is 15.1. The molecule has 0 aliphatic heterocycles. The molecule has 0 saturated carbocycles. The van der Waals surface area contributed by atoms with Crippen LogP contribution in [0.5, 0.6) is 0 Å². The highest BCUT2D eigenvalue weighted by atomic mass is 19.3. The van der Waals surface area contributed by atoms with Gasteiger partial charge in [0.05, 0.1) is 6.61 Å². The van der Waals surface area contributed by atoms with Gasteiger partial charge in [0.1, 0.15) is 5.78 Å². The molecule has 1 aromatic carbocycles. The fourth-order valence-corrected chi connectivity index (χ4v) is 2.31. The van der Waals surface area contributed by atoms with Crippen molar-refractivity contribution in [3.8, 4) is 0 Å². The fourth-order valence-electron chi connectivity index (χ4n) is 2.31. The Bertz CT molecular complexity index is 571. The zero-order valence-corrected chi connectivity index (χ0v) is 13.2. The SMILES string of the molecule is CCOC(=O)C(CC(C)=O)(NC(C)=O)C(F)(F)c1ccccc1. The van der Waals surface area contributed by atoms with Crippen LogP contribution in [0.3, 0.4) is 0 Å². The zero-order valence-electron chi connectivity index (χ0n) is 13.2. The van der Waals surface area contributed by atoms with Gasteiger partial charge in [0.15, 0.2) is 0 Å². The third kappa shape index (κ3) is 3.91. The molecular weight excluding hydrogens is 308 g/mol. The van der Waals surface area contributed by atoms with Crippen LogP contribution in [0.15, 0.2) is 30.3 Å². The van der Waals surface area contributed by atoms with Gasteiger partial charge >= 0.3 is 11.9 Å². The van der Waals surface area contributed by atoms with Gasteiger partial charge < -0.3 is 10.1 Å². The molecule has 0 heterocycles. The summed E-state index contributed by atoms with van der Waals surface area (Å²) < 4.78 is 34.9. The molecule has 0 aliphatic carbocycles. The Kier molecular flexibility index (Phi) is 5.95. The van der Waals surface area contributed by atoms with Crippen molar-refractivity contribution < 1.29 is 27.9 Å². The molecule has 5 nitrogen and oxygen atoms in total. The summed E-state index contributed by atoms with van der Waals surface area (Å²) in [6, 6.07) is 6.53. The number of carbonyl (C=O) groups is 3. The maximum Gasteiger partial charge on any atom is 0.339 e. The number of amides is 1. The van der Waals surface area contributed by atoms with E-state index in [9.17, 15) is 14.4 Å². The number of benzene rings is 1. The second-order valence-electron chi connectivity index (χ2n) is 5.13. The van der Waals surface area contributed by atoms with E-state index in [2.05, 4.69) is 0 Å². The lowest BCUT2D eigenvalue weighted by molar-refractivity contribution is -0.179. The van der Waals surface area contributed by atoms with E-state index in [0.29, 0.717) is 0 Å². The normalized spacial score (nSPS) is 13.8. The van der Waals surface area contributed by atoms with Crippen molar-refractivity contribution in [1.82, 2.24) is 5.32 Å². The maximum atomic E-state index is 15.1. The van der Waals surface area contributed by atoms with Crippen LogP contribution in [-0.2, 0) is 25.0 Å². The van der Waals surface area contributed by atoms with E-state index in [4.69, 9.17) is 4.74 Å². The average Bonchev–Trinajstić information content (AvgIpc) is 2.46. The fraction of sp³-hybridized carbons (Fsp3) is 0.438. The summed E-state index contributed by atoms with van der Waals surface area (Å²) >= 11 is 0. The van der Waals surface area contributed by atoms with Crippen LogP contribution < -0.4 is 5.32 Å². The third-order valence-electron chi connectivity index (χ3n) is 3.20. The number of carbonyl (C=O) groups excluding carboxylic acids is 3. The molecule has 0 aromatic heterocycles. The van der Waals surface area contributed by atoms with Gasteiger partial charge in [-0.2, -0.15) is 8.78 Å². The van der Waals surface area contributed by atoms with Crippen molar-refractivity contribution in [3.05, 3.63) is 35.9 Å². The molecule has 0 spiro atoms. The van der Waals surface area contributed by atoms with Gasteiger partial charge in [-0.3, -0.25) is 9.59 Å². The standard InChI is InChI=1S/C16H19F2NO4/c1-4-23-14(22)15(10-11(2)20,19-12(3)21)16(17,18)13-8-6-5-7-9-13/h5-9H,4,10H2,1-3H3,(H,19,21). The first kappa shape index (κ1) is 18.7. The van der Waals surface area contributed by atoms with Gasteiger partial charge in [-0.05, 0) is 13.8 Å². The third-order valence-corrected chi connectivity index (χ3v) is 3.20. The van der Waals surface area contributed by atoms with E-state index < -0.39 is 41.1 Å². The van der Waals surface area contributed by atoms with Crippen LogP contribution in [0.25, 0.3) is 0 Å². The quantitative estimate of drug-likeness (QED) is 0.779. The molecule has 0 bridgehead atoms. The molecule has 0 saturated heterocycles. The number of ether oxygens (including phenoxy) is 1. The van der Waals surface area contributed by atoms with Crippen molar-refractivity contribution in [2.45, 2.75) is 38.7 Å². The van der Waals surface area contributed by atoms with Crippen LogP contribution in [0.2, 0.25) is 0 Å². The lowest BCUT2D eigenvalue weighted by atomic mass is 9.82. The van der Waals surface area contributed by atoms with Crippen molar-refractivity contribution >= 4 is 17.7 Å². The summed E-state index contributed by atoms with van der Waals surface area (Å²) in [5, 5.41) is 1.96. The van der Waals surface area contributed by atoms with Crippen LogP contribution in [0, 0.1) is 0 Å². The largest absolute Gasteiger partial charge is 0.464 e. The average molecular weight is 327 g/mol. The minimum Gasteiger partial charge on any atom is -0.464 e. The number of Topliss-reactive ketones (excluding diaryl/α,β-unsaturated/α-hetero) is 1. The Labute approximate surface area is 133 Å². The first-order valence-corrected chi connectivity index (χ1v) is 7.06. The second kappa shape index (κ2) is 7.30. The summed E-state index contributed by atoms with van der Waals surface area (Å²) in [6.45, 7) is 3.35. The molecule has 1 aromatic rings. The van der Waals surface area contributed by atoms with E-state index >= 15 is 8.78 Å². The number of ketones is 1. The number of nitrogens with one attached hydrogen (secondary N) is 1. The topological polar surface area (TPSA) is 72.5 Å². The van der Waals surface area contributed by atoms with Crippen LogP contribution in [-0.4, -0.2) is 29.8 Å². The summed E-state index contributed by atoms with van der Waals surface area (Å²) in [5.74, 6) is -6.73. The lowest BCUT2D eigenvalue weighted by Gasteiger charge is -2.38. The smallest absolute Gasteiger partial charge is 0.339 e. The van der Waals surface area contributed by atoms with E-state index in [-0.39, 0.29) is 6.61 Å². The number of esters is 1. The Morgan fingerprint density at radius 1 is 1.13 bits per heavy atom. The Hall–Kier alpha value is -2.31. The highest BCUT2D eigenvalue weighted by Gasteiger charge is 2.62. The molecule has 23 heavy (non-hydrogen) atoms. The lowest BCUT2D eigenvalue weighted by Crippen LogP contribution is -2.65. The molecule has 1 amide bonds. The Balaban J connectivity index is 3.54. The Morgan fingerprint density at radius 3 is 2.13 bits per heavy atom. The summed E-state index contributed by atoms with van der Waals surface area (Å²) in [6.07, 6.45) is -0.882. The van der Waals surface area contributed by atoms with Crippen LogP contribution >= 0.6 is 0 Å². The van der Waals surface area contributed by atoms with Crippen molar-refractivity contribution in [2.75, 3.05) is 6.61 Å². The molecule has 1 rings (SSSR count). The Morgan fingerprint density at radius 2 is 1.70 bits per heavy atom. The van der Waals surface area contributed by atoms with E-state index in [1.165, 1.54) is 25.1 Å². The molecule has 0 fully saturated rings. The summed E-state index contributed by atoms with van der Waals surface area (Å²) in [4.78, 5) is 35.3. The van der Waals surface area contributed by atoms with E-state index in [1.54, 1.807) is 0 Å². The van der Waals surface area contributed by atoms with Crippen LogP contribution in [0.4, 0.5) is 8.78 Å². The zero-order chi connectivity index (χ0) is 17.7. The first-order chi connectivity index (χ1) is 10.7.